The second kappa shape index (κ2) is 8.25. The Labute approximate surface area is 150 Å². The number of ether oxygens (including phenoxy) is 1. The number of thioether (sulfide) groups is 1. The van der Waals surface area contributed by atoms with Gasteiger partial charge in [0.15, 0.2) is 16.8 Å². The molecule has 2 aromatic rings. The Morgan fingerprint density at radius 1 is 1.28 bits per heavy atom. The molecule has 5 nitrogen and oxygen atoms in total. The fraction of sp³-hybridized carbons (Fsp3) is 0.529. The molecule has 2 heterocycles. The molecule has 0 amide bonds. The molecule has 1 fully saturated rings. The third kappa shape index (κ3) is 4.56. The van der Waals surface area contributed by atoms with Crippen LogP contribution in [-0.4, -0.2) is 45.7 Å². The van der Waals surface area contributed by atoms with E-state index in [9.17, 15) is 8.78 Å². The molecule has 1 aliphatic rings. The fourth-order valence-electron chi connectivity index (χ4n) is 3.01. The van der Waals surface area contributed by atoms with E-state index < -0.39 is 11.6 Å². The predicted molar refractivity (Wildman–Crippen MR) is 92.3 cm³/mol. The van der Waals surface area contributed by atoms with E-state index in [1.165, 1.54) is 6.07 Å². The first-order chi connectivity index (χ1) is 12.1. The maximum atomic E-state index is 13.4. The van der Waals surface area contributed by atoms with Gasteiger partial charge < -0.3 is 9.30 Å². The Morgan fingerprint density at radius 2 is 2.12 bits per heavy atom. The topological polar surface area (TPSA) is 43.2 Å². The van der Waals surface area contributed by atoms with Crippen molar-refractivity contribution in [2.45, 2.75) is 43.7 Å². The molecule has 0 bridgehead atoms. The summed E-state index contributed by atoms with van der Waals surface area (Å²) in [7, 11) is 1.92. The highest BCUT2D eigenvalue weighted by molar-refractivity contribution is 7.98. The first kappa shape index (κ1) is 18.3. The summed E-state index contributed by atoms with van der Waals surface area (Å²) in [6.45, 7) is 2.63. The van der Waals surface area contributed by atoms with Crippen LogP contribution < -0.4 is 0 Å². The highest BCUT2D eigenvalue weighted by Gasteiger charge is 2.21. The van der Waals surface area contributed by atoms with E-state index in [4.69, 9.17) is 4.74 Å². The van der Waals surface area contributed by atoms with E-state index >= 15 is 0 Å². The molecule has 25 heavy (non-hydrogen) atoms. The van der Waals surface area contributed by atoms with Gasteiger partial charge in [0.1, 0.15) is 5.82 Å². The van der Waals surface area contributed by atoms with Crippen molar-refractivity contribution in [3.8, 4) is 0 Å². The van der Waals surface area contributed by atoms with Gasteiger partial charge in [-0.2, -0.15) is 0 Å². The second-order valence-electron chi connectivity index (χ2n) is 6.27. The SMILES string of the molecule is CSc1nnc(CN(C)Cc2ccc(F)c(F)c2)n1CC1CCCO1. The van der Waals surface area contributed by atoms with Gasteiger partial charge in [0.25, 0.3) is 0 Å². The Bertz CT molecular complexity index is 719. The van der Waals surface area contributed by atoms with Crippen LogP contribution in [0.1, 0.15) is 24.2 Å². The van der Waals surface area contributed by atoms with Crippen molar-refractivity contribution in [2.75, 3.05) is 19.9 Å². The number of halogens is 2. The molecule has 0 radical (unpaired) electrons. The lowest BCUT2D eigenvalue weighted by atomic mass is 10.2. The zero-order valence-electron chi connectivity index (χ0n) is 14.4. The standard InChI is InChI=1S/C17H22F2N4OS/c1-22(9-12-5-6-14(18)15(19)8-12)11-16-20-21-17(25-2)23(16)10-13-4-3-7-24-13/h5-6,8,13H,3-4,7,9-11H2,1-2H3. The van der Waals surface area contributed by atoms with Crippen LogP contribution >= 0.6 is 11.8 Å². The number of hydrogen-bond acceptors (Lipinski definition) is 5. The molecule has 8 heteroatoms. The van der Waals surface area contributed by atoms with Gasteiger partial charge in [-0.25, -0.2) is 8.78 Å². The normalized spacial score (nSPS) is 17.6. The Balaban J connectivity index is 1.68. The Hall–Kier alpha value is -1.51. The summed E-state index contributed by atoms with van der Waals surface area (Å²) in [5.41, 5.74) is 0.719. The molecule has 1 atom stereocenters. The first-order valence-electron chi connectivity index (χ1n) is 8.27. The van der Waals surface area contributed by atoms with Gasteiger partial charge in [-0.05, 0) is 43.8 Å². The van der Waals surface area contributed by atoms with Gasteiger partial charge in [0.05, 0.1) is 19.2 Å². The van der Waals surface area contributed by atoms with Gasteiger partial charge in [-0.15, -0.1) is 10.2 Å². The van der Waals surface area contributed by atoms with Crippen molar-refractivity contribution >= 4 is 11.8 Å². The van der Waals surface area contributed by atoms with Crippen molar-refractivity contribution in [2.24, 2.45) is 0 Å². The smallest absolute Gasteiger partial charge is 0.191 e. The highest BCUT2D eigenvalue weighted by Crippen LogP contribution is 2.20. The molecule has 3 rings (SSSR count). The molecule has 1 aromatic heterocycles. The third-order valence-corrected chi connectivity index (χ3v) is 4.90. The number of hydrogen-bond donors (Lipinski definition) is 0. The van der Waals surface area contributed by atoms with Gasteiger partial charge in [-0.1, -0.05) is 17.8 Å². The zero-order chi connectivity index (χ0) is 17.8. The minimum atomic E-state index is -0.827. The maximum absolute atomic E-state index is 13.4. The Morgan fingerprint density at radius 3 is 2.80 bits per heavy atom. The molecule has 1 aliphatic heterocycles. The van der Waals surface area contributed by atoms with Gasteiger partial charge >= 0.3 is 0 Å². The van der Waals surface area contributed by atoms with Crippen LogP contribution in [-0.2, 0) is 24.4 Å². The number of aromatic nitrogens is 3. The second-order valence-corrected chi connectivity index (χ2v) is 7.04. The van der Waals surface area contributed by atoms with Crippen LogP contribution in [0.25, 0.3) is 0 Å². The summed E-state index contributed by atoms with van der Waals surface area (Å²) < 4.78 is 34.2. The maximum Gasteiger partial charge on any atom is 0.191 e. The molecule has 0 saturated carbocycles. The Kier molecular flexibility index (Phi) is 6.03. The molecular formula is C17H22F2N4OS. The van der Waals surface area contributed by atoms with Crippen molar-refractivity contribution in [3.05, 3.63) is 41.2 Å². The molecular weight excluding hydrogens is 346 g/mol. The molecule has 1 unspecified atom stereocenters. The lowest BCUT2D eigenvalue weighted by Gasteiger charge is -2.19. The number of rotatable bonds is 7. The minimum Gasteiger partial charge on any atom is -0.376 e. The average molecular weight is 368 g/mol. The van der Waals surface area contributed by atoms with E-state index in [0.717, 1.165) is 48.6 Å². The summed E-state index contributed by atoms with van der Waals surface area (Å²) in [5, 5.41) is 9.42. The van der Waals surface area contributed by atoms with Crippen LogP contribution in [0.5, 0.6) is 0 Å². The summed E-state index contributed by atoms with van der Waals surface area (Å²) >= 11 is 1.56. The van der Waals surface area contributed by atoms with Crippen molar-refractivity contribution < 1.29 is 13.5 Å². The van der Waals surface area contributed by atoms with Crippen LogP contribution in [0.4, 0.5) is 8.78 Å². The summed E-state index contributed by atoms with van der Waals surface area (Å²) in [6, 6.07) is 3.99. The van der Waals surface area contributed by atoms with Crippen molar-refractivity contribution in [3.63, 3.8) is 0 Å². The van der Waals surface area contributed by atoms with E-state index in [0.29, 0.717) is 13.1 Å². The molecule has 0 aliphatic carbocycles. The zero-order valence-corrected chi connectivity index (χ0v) is 15.2. The van der Waals surface area contributed by atoms with E-state index in [1.807, 2.05) is 18.2 Å². The van der Waals surface area contributed by atoms with Gasteiger partial charge in [0, 0.05) is 13.2 Å². The van der Waals surface area contributed by atoms with Crippen LogP contribution in [0.2, 0.25) is 0 Å². The highest BCUT2D eigenvalue weighted by atomic mass is 32.2. The number of benzene rings is 1. The minimum absolute atomic E-state index is 0.206. The first-order valence-corrected chi connectivity index (χ1v) is 9.49. The molecule has 0 N–H and O–H groups in total. The lowest BCUT2D eigenvalue weighted by Crippen LogP contribution is -2.23. The third-order valence-electron chi connectivity index (χ3n) is 4.23. The number of nitrogens with zero attached hydrogens (tertiary/aromatic N) is 4. The summed E-state index contributed by atoms with van der Waals surface area (Å²) in [6.07, 6.45) is 4.32. The molecule has 1 aromatic carbocycles. The molecule has 136 valence electrons. The van der Waals surface area contributed by atoms with E-state index in [-0.39, 0.29) is 6.10 Å². The average Bonchev–Trinajstić information content (AvgIpc) is 3.22. The van der Waals surface area contributed by atoms with Crippen LogP contribution in [0.3, 0.4) is 0 Å². The largest absolute Gasteiger partial charge is 0.376 e. The van der Waals surface area contributed by atoms with Gasteiger partial charge in [0.2, 0.25) is 0 Å². The molecule has 1 saturated heterocycles. The van der Waals surface area contributed by atoms with Crippen molar-refractivity contribution in [1.82, 2.24) is 19.7 Å². The van der Waals surface area contributed by atoms with E-state index in [1.54, 1.807) is 17.8 Å². The summed E-state index contributed by atoms with van der Waals surface area (Å²) in [4.78, 5) is 2.01. The fourth-order valence-corrected chi connectivity index (χ4v) is 3.53. The lowest BCUT2D eigenvalue weighted by molar-refractivity contribution is 0.0934. The van der Waals surface area contributed by atoms with Crippen LogP contribution in [0.15, 0.2) is 23.4 Å². The van der Waals surface area contributed by atoms with E-state index in [2.05, 4.69) is 14.8 Å². The van der Waals surface area contributed by atoms with Crippen molar-refractivity contribution in [1.29, 1.82) is 0 Å². The summed E-state index contributed by atoms with van der Waals surface area (Å²) in [5.74, 6) is -0.797. The molecule has 0 spiro atoms. The predicted octanol–water partition coefficient (Wildman–Crippen LogP) is 3.09. The van der Waals surface area contributed by atoms with Gasteiger partial charge in [-0.3, -0.25) is 4.90 Å². The quantitative estimate of drug-likeness (QED) is 0.703. The monoisotopic (exact) mass is 368 g/mol. The van der Waals surface area contributed by atoms with Crippen LogP contribution in [0, 0.1) is 11.6 Å².